The second-order valence-electron chi connectivity index (χ2n) is 3.26. The number of halogens is 3. The summed E-state index contributed by atoms with van der Waals surface area (Å²) in [5.74, 6) is -1.10. The topological polar surface area (TPSA) is 86.7 Å². The van der Waals surface area contributed by atoms with Gasteiger partial charge in [-0.25, -0.2) is 0 Å². The van der Waals surface area contributed by atoms with Crippen molar-refractivity contribution in [2.24, 2.45) is 0 Å². The van der Waals surface area contributed by atoms with E-state index in [-0.39, 0.29) is 19.4 Å². The van der Waals surface area contributed by atoms with Crippen LogP contribution in [0.3, 0.4) is 0 Å². The molecule has 0 fully saturated rings. The molecule has 102 valence electrons. The Kier molecular flexibility index (Phi) is 5.85. The number of carboxylic acids is 1. The van der Waals surface area contributed by atoms with Crippen LogP contribution in [0.4, 0.5) is 13.2 Å². The molecule has 2 N–H and O–H groups in total. The molecule has 0 spiro atoms. The van der Waals surface area contributed by atoms with Gasteiger partial charge in [0.15, 0.2) is 0 Å². The second kappa shape index (κ2) is 6.17. The van der Waals surface area contributed by atoms with Gasteiger partial charge in [0.25, 0.3) is 10.2 Å². The van der Waals surface area contributed by atoms with E-state index in [1.807, 2.05) is 0 Å². The molecule has 0 bridgehead atoms. The van der Waals surface area contributed by atoms with Crippen molar-refractivity contribution in [3.05, 3.63) is 0 Å². The minimum Gasteiger partial charge on any atom is -0.481 e. The monoisotopic (exact) mass is 278 g/mol. The van der Waals surface area contributed by atoms with Crippen molar-refractivity contribution < 1.29 is 31.5 Å². The van der Waals surface area contributed by atoms with Crippen LogP contribution in [-0.4, -0.2) is 50.1 Å². The number of alkyl halides is 3. The van der Waals surface area contributed by atoms with Crippen molar-refractivity contribution >= 4 is 16.2 Å². The molecule has 6 nitrogen and oxygen atoms in total. The molecule has 0 aliphatic carbocycles. The van der Waals surface area contributed by atoms with Gasteiger partial charge < -0.3 is 5.11 Å². The molecule has 0 amide bonds. The molecule has 0 unspecified atom stereocenters. The Morgan fingerprint density at radius 1 is 1.41 bits per heavy atom. The summed E-state index contributed by atoms with van der Waals surface area (Å²) in [6, 6.07) is 0. The fourth-order valence-corrected chi connectivity index (χ4v) is 1.79. The summed E-state index contributed by atoms with van der Waals surface area (Å²) in [6.07, 6.45) is -4.85. The first-order valence-electron chi connectivity index (χ1n) is 4.54. The van der Waals surface area contributed by atoms with Crippen molar-refractivity contribution in [3.8, 4) is 0 Å². The molecule has 0 aromatic carbocycles. The minimum absolute atomic E-state index is 0.0265. The molecule has 0 heterocycles. The lowest BCUT2D eigenvalue weighted by atomic mass is 10.3. The van der Waals surface area contributed by atoms with Gasteiger partial charge >= 0.3 is 12.1 Å². The summed E-state index contributed by atoms with van der Waals surface area (Å²) < 4.78 is 59.8. The van der Waals surface area contributed by atoms with Gasteiger partial charge in [-0.05, 0) is 6.42 Å². The van der Waals surface area contributed by atoms with Crippen LogP contribution in [0.2, 0.25) is 0 Å². The smallest absolute Gasteiger partial charge is 0.402 e. The number of carboxylic acid groups (broad SMARTS) is 1. The Bertz CT molecular complexity index is 355. The molecule has 0 aromatic heterocycles. The molecule has 17 heavy (non-hydrogen) atoms. The van der Waals surface area contributed by atoms with E-state index in [9.17, 15) is 26.4 Å². The first-order valence-corrected chi connectivity index (χ1v) is 5.98. The van der Waals surface area contributed by atoms with Crippen molar-refractivity contribution in [1.29, 1.82) is 0 Å². The average Bonchev–Trinajstić information content (AvgIpc) is 2.13. The Morgan fingerprint density at radius 2 is 1.94 bits per heavy atom. The molecule has 0 aliphatic rings. The van der Waals surface area contributed by atoms with Crippen LogP contribution in [0.15, 0.2) is 0 Å². The van der Waals surface area contributed by atoms with E-state index < -0.39 is 28.9 Å². The Labute approximate surface area is 96.6 Å². The van der Waals surface area contributed by atoms with Gasteiger partial charge in [0.05, 0.1) is 0 Å². The molecule has 0 aliphatic heterocycles. The van der Waals surface area contributed by atoms with Crippen LogP contribution < -0.4 is 4.72 Å². The Morgan fingerprint density at radius 3 is 2.35 bits per heavy atom. The molecule has 0 saturated heterocycles. The van der Waals surface area contributed by atoms with E-state index >= 15 is 0 Å². The molecule has 0 rings (SSSR count). The molecule has 0 aromatic rings. The first-order chi connectivity index (χ1) is 7.54. The minimum atomic E-state index is -4.63. The number of aliphatic carboxylic acids is 1. The number of carbonyl (C=O) groups is 1. The van der Waals surface area contributed by atoms with E-state index in [1.165, 1.54) is 4.72 Å². The largest absolute Gasteiger partial charge is 0.481 e. The van der Waals surface area contributed by atoms with Crippen LogP contribution in [-0.2, 0) is 15.0 Å². The zero-order chi connectivity index (χ0) is 13.7. The zero-order valence-electron chi connectivity index (χ0n) is 8.99. The average molecular weight is 278 g/mol. The maximum atomic E-state index is 11.8. The fourth-order valence-electron chi connectivity index (χ4n) is 0.856. The third-order valence-corrected chi connectivity index (χ3v) is 3.24. The van der Waals surface area contributed by atoms with Crippen molar-refractivity contribution in [2.45, 2.75) is 19.0 Å². The van der Waals surface area contributed by atoms with E-state index in [1.54, 1.807) is 0 Å². The van der Waals surface area contributed by atoms with Crippen molar-refractivity contribution in [3.63, 3.8) is 0 Å². The Balaban J connectivity index is 4.17. The molecular weight excluding hydrogens is 265 g/mol. The Hall–Kier alpha value is -0.870. The van der Waals surface area contributed by atoms with E-state index in [0.717, 1.165) is 7.05 Å². The van der Waals surface area contributed by atoms with Crippen LogP contribution in [0.5, 0.6) is 0 Å². The first kappa shape index (κ1) is 16.1. The van der Waals surface area contributed by atoms with Crippen molar-refractivity contribution in [1.82, 2.24) is 9.03 Å². The molecule has 0 saturated carbocycles. The maximum absolute atomic E-state index is 11.8. The third-order valence-electron chi connectivity index (χ3n) is 1.73. The fraction of sp³-hybridized carbons (Fsp3) is 0.857. The summed E-state index contributed by atoms with van der Waals surface area (Å²) in [4.78, 5) is 10.2. The van der Waals surface area contributed by atoms with Gasteiger partial charge in [0, 0.05) is 20.0 Å². The molecular formula is C7H13F3N2O4S. The lowest BCUT2D eigenvalue weighted by molar-refractivity contribution is -0.137. The second-order valence-corrected chi connectivity index (χ2v) is 5.12. The van der Waals surface area contributed by atoms with Crippen LogP contribution in [0.25, 0.3) is 0 Å². The van der Waals surface area contributed by atoms with Gasteiger partial charge in [-0.3, -0.25) is 4.79 Å². The highest BCUT2D eigenvalue weighted by Gasteiger charge is 2.30. The van der Waals surface area contributed by atoms with E-state index in [2.05, 4.69) is 0 Å². The zero-order valence-corrected chi connectivity index (χ0v) is 9.81. The number of rotatable bonds is 7. The van der Waals surface area contributed by atoms with Gasteiger partial charge in [0.1, 0.15) is 6.54 Å². The normalized spacial score (nSPS) is 13.0. The van der Waals surface area contributed by atoms with Gasteiger partial charge in [0.2, 0.25) is 0 Å². The predicted molar refractivity (Wildman–Crippen MR) is 52.5 cm³/mol. The SMILES string of the molecule is CN(CCCC(=O)O)S(=O)(=O)NCC(F)(F)F. The number of hydrogen-bond acceptors (Lipinski definition) is 3. The quantitative estimate of drug-likeness (QED) is 0.695. The summed E-state index contributed by atoms with van der Waals surface area (Å²) in [5.41, 5.74) is 0. The predicted octanol–water partition coefficient (Wildman–Crippen LogP) is 0.180. The van der Waals surface area contributed by atoms with Gasteiger partial charge in [-0.15, -0.1) is 0 Å². The third kappa shape index (κ3) is 7.94. The summed E-state index contributed by atoms with van der Waals surface area (Å²) >= 11 is 0. The van der Waals surface area contributed by atoms with Gasteiger partial charge in [-0.1, -0.05) is 0 Å². The highest BCUT2D eigenvalue weighted by Crippen LogP contribution is 2.13. The molecule has 10 heteroatoms. The van der Waals surface area contributed by atoms with Crippen LogP contribution in [0.1, 0.15) is 12.8 Å². The number of nitrogens with one attached hydrogen (secondary N) is 1. The highest BCUT2D eigenvalue weighted by molar-refractivity contribution is 7.87. The summed E-state index contributed by atoms with van der Waals surface area (Å²) in [5, 5.41) is 8.31. The summed E-state index contributed by atoms with van der Waals surface area (Å²) in [7, 11) is -3.15. The van der Waals surface area contributed by atoms with Crippen molar-refractivity contribution in [2.75, 3.05) is 20.1 Å². The standard InChI is InChI=1S/C7H13F3N2O4S/c1-12(4-2-3-6(13)14)17(15,16)11-5-7(8,9)10/h11H,2-5H2,1H3,(H,13,14). The van der Waals surface area contributed by atoms with Gasteiger partial charge in [-0.2, -0.15) is 30.6 Å². The molecule has 0 atom stereocenters. The van der Waals surface area contributed by atoms with E-state index in [0.29, 0.717) is 4.31 Å². The molecule has 0 radical (unpaired) electrons. The maximum Gasteiger partial charge on any atom is 0.402 e. The number of nitrogens with zero attached hydrogens (tertiary/aromatic N) is 1. The van der Waals surface area contributed by atoms with Crippen LogP contribution >= 0.6 is 0 Å². The highest BCUT2D eigenvalue weighted by atomic mass is 32.2. The lowest BCUT2D eigenvalue weighted by Crippen LogP contribution is -2.42. The summed E-state index contributed by atoms with van der Waals surface area (Å²) in [6.45, 7) is -1.82. The van der Waals surface area contributed by atoms with E-state index in [4.69, 9.17) is 5.11 Å². The number of hydrogen-bond donors (Lipinski definition) is 2. The lowest BCUT2D eigenvalue weighted by Gasteiger charge is -2.17. The van der Waals surface area contributed by atoms with Crippen LogP contribution in [0, 0.1) is 0 Å².